The summed E-state index contributed by atoms with van der Waals surface area (Å²) in [5.41, 5.74) is 0.816. The van der Waals surface area contributed by atoms with Crippen LogP contribution < -0.4 is 5.32 Å². The number of carbonyl (C=O) groups excluding carboxylic acids is 1. The van der Waals surface area contributed by atoms with Gasteiger partial charge in [-0.15, -0.1) is 0 Å². The number of carbonyl (C=O) groups is 1. The van der Waals surface area contributed by atoms with Gasteiger partial charge in [-0.25, -0.2) is 4.79 Å². The Balaban J connectivity index is 1.53. The Labute approximate surface area is 168 Å². The van der Waals surface area contributed by atoms with Gasteiger partial charge in [0.1, 0.15) is 5.60 Å². The first-order valence-electron chi connectivity index (χ1n) is 10.6. The van der Waals surface area contributed by atoms with E-state index in [1.165, 1.54) is 5.56 Å². The lowest BCUT2D eigenvalue weighted by Gasteiger charge is -2.40. The Morgan fingerprint density at radius 3 is 2.93 bits per heavy atom. The highest BCUT2D eigenvalue weighted by atomic mass is 16.6. The molecule has 2 fully saturated rings. The van der Waals surface area contributed by atoms with Gasteiger partial charge in [0.15, 0.2) is 0 Å². The molecule has 2 aliphatic heterocycles. The maximum atomic E-state index is 12.7. The van der Waals surface area contributed by atoms with Gasteiger partial charge in [-0.3, -0.25) is 4.68 Å². The van der Waals surface area contributed by atoms with E-state index in [0.717, 1.165) is 51.8 Å². The third-order valence-electron chi connectivity index (χ3n) is 5.63. The van der Waals surface area contributed by atoms with Crippen LogP contribution in [-0.4, -0.2) is 64.8 Å². The summed E-state index contributed by atoms with van der Waals surface area (Å²) in [5, 5.41) is 7.98. The second kappa shape index (κ2) is 9.27. The second-order valence-corrected chi connectivity index (χ2v) is 9.10. The zero-order valence-corrected chi connectivity index (χ0v) is 17.8. The van der Waals surface area contributed by atoms with Crippen molar-refractivity contribution in [2.45, 2.75) is 70.6 Å². The molecule has 0 saturated carbocycles. The fourth-order valence-electron chi connectivity index (χ4n) is 4.36. The van der Waals surface area contributed by atoms with Gasteiger partial charge < -0.3 is 19.7 Å². The van der Waals surface area contributed by atoms with E-state index in [-0.39, 0.29) is 12.1 Å². The molecular weight excluding hydrogens is 356 g/mol. The average Bonchev–Trinajstić information content (AvgIpc) is 3.26. The Morgan fingerprint density at radius 1 is 1.39 bits per heavy atom. The minimum Gasteiger partial charge on any atom is -0.444 e. The van der Waals surface area contributed by atoms with E-state index in [9.17, 15) is 4.79 Å². The second-order valence-electron chi connectivity index (χ2n) is 9.10. The molecule has 0 aliphatic carbocycles. The Kier molecular flexibility index (Phi) is 6.99. The predicted octanol–water partition coefficient (Wildman–Crippen LogP) is 2.75. The van der Waals surface area contributed by atoms with Crippen molar-refractivity contribution in [2.75, 3.05) is 26.3 Å². The van der Waals surface area contributed by atoms with E-state index in [0.29, 0.717) is 18.6 Å². The lowest BCUT2D eigenvalue weighted by Crippen LogP contribution is -2.53. The molecule has 2 saturated heterocycles. The normalized spacial score (nSPS) is 25.9. The molecule has 1 aromatic heterocycles. The monoisotopic (exact) mass is 392 g/mol. The topological polar surface area (TPSA) is 68.6 Å². The summed E-state index contributed by atoms with van der Waals surface area (Å²) in [6.07, 6.45) is 9.00. The molecule has 7 heteroatoms. The van der Waals surface area contributed by atoms with E-state index < -0.39 is 5.60 Å². The minimum absolute atomic E-state index is 0.184. The van der Waals surface area contributed by atoms with Crippen molar-refractivity contribution >= 4 is 6.09 Å². The van der Waals surface area contributed by atoms with Crippen molar-refractivity contribution in [2.24, 2.45) is 13.0 Å². The zero-order valence-electron chi connectivity index (χ0n) is 17.8. The Bertz CT molecular complexity index is 640. The van der Waals surface area contributed by atoms with Crippen molar-refractivity contribution in [1.29, 1.82) is 0 Å². The molecule has 3 rings (SSSR count). The first-order valence-corrected chi connectivity index (χ1v) is 10.6. The molecule has 7 nitrogen and oxygen atoms in total. The number of aromatic nitrogens is 2. The summed E-state index contributed by atoms with van der Waals surface area (Å²) < 4.78 is 13.3. The molecule has 1 aromatic rings. The van der Waals surface area contributed by atoms with Crippen molar-refractivity contribution in [3.8, 4) is 0 Å². The maximum absolute atomic E-state index is 12.7. The van der Waals surface area contributed by atoms with Crippen LogP contribution in [-0.2, 0) is 22.9 Å². The number of rotatable bonds is 6. The first kappa shape index (κ1) is 21.1. The summed E-state index contributed by atoms with van der Waals surface area (Å²) in [6.45, 7) is 9.02. The fourth-order valence-corrected chi connectivity index (χ4v) is 4.36. The van der Waals surface area contributed by atoms with E-state index in [2.05, 4.69) is 16.6 Å². The number of likely N-dealkylation sites (tertiary alicyclic amines) is 1. The number of nitrogens with one attached hydrogen (secondary N) is 1. The van der Waals surface area contributed by atoms with Gasteiger partial charge in [-0.2, -0.15) is 5.10 Å². The SMILES string of the molecule is Cn1cc(CCCN[C@@H]2CCOC[C@H]2[C@@H]2CCCN2C(=O)OC(C)(C)C)cn1. The molecule has 3 atom stereocenters. The summed E-state index contributed by atoms with van der Waals surface area (Å²) in [4.78, 5) is 14.6. The highest BCUT2D eigenvalue weighted by Gasteiger charge is 2.41. The number of aryl methyl sites for hydroxylation is 2. The van der Waals surface area contributed by atoms with Crippen molar-refractivity contribution in [3.05, 3.63) is 18.0 Å². The van der Waals surface area contributed by atoms with Crippen LogP contribution in [0.25, 0.3) is 0 Å². The molecule has 2 aliphatic rings. The lowest BCUT2D eigenvalue weighted by atomic mass is 9.87. The molecule has 1 N–H and O–H groups in total. The first-order chi connectivity index (χ1) is 13.3. The van der Waals surface area contributed by atoms with Gasteiger partial charge in [0, 0.05) is 44.4 Å². The average molecular weight is 393 g/mol. The van der Waals surface area contributed by atoms with Gasteiger partial charge in [0.25, 0.3) is 0 Å². The summed E-state index contributed by atoms with van der Waals surface area (Å²) in [7, 11) is 1.95. The molecular formula is C21H36N4O3. The van der Waals surface area contributed by atoms with Crippen molar-refractivity contribution in [1.82, 2.24) is 20.0 Å². The van der Waals surface area contributed by atoms with Crippen LogP contribution in [0.4, 0.5) is 4.79 Å². The van der Waals surface area contributed by atoms with Crippen LogP contribution in [0.15, 0.2) is 12.4 Å². The van der Waals surface area contributed by atoms with Crippen LogP contribution in [0.1, 0.15) is 52.0 Å². The minimum atomic E-state index is -0.461. The fraction of sp³-hybridized carbons (Fsp3) is 0.810. The maximum Gasteiger partial charge on any atom is 0.410 e. The quantitative estimate of drug-likeness (QED) is 0.754. The number of hydrogen-bond acceptors (Lipinski definition) is 5. The molecule has 28 heavy (non-hydrogen) atoms. The van der Waals surface area contributed by atoms with E-state index in [1.54, 1.807) is 0 Å². The summed E-state index contributed by atoms with van der Waals surface area (Å²) >= 11 is 0. The number of amides is 1. The van der Waals surface area contributed by atoms with E-state index in [1.807, 2.05) is 43.6 Å². The summed E-state index contributed by atoms with van der Waals surface area (Å²) in [5.74, 6) is 0.321. The number of ether oxygens (including phenoxy) is 2. The van der Waals surface area contributed by atoms with Crippen LogP contribution in [0.5, 0.6) is 0 Å². The standard InChI is InChI=1S/C21H36N4O3/c1-21(2,3)28-20(26)25-11-6-8-19(25)17-15-27-12-9-18(17)22-10-5-7-16-13-23-24(4)14-16/h13-14,17-19,22H,5-12,15H2,1-4H3/t17-,18-,19+/m1/s1. The van der Waals surface area contributed by atoms with Gasteiger partial charge in [-0.05, 0) is 65.0 Å². The van der Waals surface area contributed by atoms with Gasteiger partial charge in [-0.1, -0.05) is 0 Å². The number of nitrogens with zero attached hydrogens (tertiary/aromatic N) is 3. The van der Waals surface area contributed by atoms with E-state index >= 15 is 0 Å². The molecule has 0 spiro atoms. The van der Waals surface area contributed by atoms with Crippen LogP contribution in [0, 0.1) is 5.92 Å². The molecule has 158 valence electrons. The van der Waals surface area contributed by atoms with Gasteiger partial charge in [0.2, 0.25) is 0 Å². The molecule has 0 radical (unpaired) electrons. The zero-order chi connectivity index (χ0) is 20.1. The van der Waals surface area contributed by atoms with Crippen LogP contribution in [0.3, 0.4) is 0 Å². The van der Waals surface area contributed by atoms with Crippen molar-refractivity contribution in [3.63, 3.8) is 0 Å². The van der Waals surface area contributed by atoms with Crippen molar-refractivity contribution < 1.29 is 14.3 Å². The Hall–Kier alpha value is -1.60. The molecule has 0 bridgehead atoms. The molecule has 1 amide bonds. The molecule has 0 unspecified atom stereocenters. The van der Waals surface area contributed by atoms with Gasteiger partial charge >= 0.3 is 6.09 Å². The predicted molar refractivity (Wildman–Crippen MR) is 108 cm³/mol. The highest BCUT2D eigenvalue weighted by molar-refractivity contribution is 5.69. The number of hydrogen-bond donors (Lipinski definition) is 1. The highest BCUT2D eigenvalue weighted by Crippen LogP contribution is 2.31. The molecule has 0 aromatic carbocycles. The van der Waals surface area contributed by atoms with Crippen LogP contribution in [0.2, 0.25) is 0 Å². The van der Waals surface area contributed by atoms with Gasteiger partial charge in [0.05, 0.1) is 12.8 Å². The lowest BCUT2D eigenvalue weighted by molar-refractivity contribution is -0.0165. The molecule has 3 heterocycles. The summed E-state index contributed by atoms with van der Waals surface area (Å²) in [6, 6.07) is 0.585. The smallest absolute Gasteiger partial charge is 0.410 e. The Morgan fingerprint density at radius 2 is 2.21 bits per heavy atom. The third-order valence-corrected chi connectivity index (χ3v) is 5.63. The third kappa shape index (κ3) is 5.70. The largest absolute Gasteiger partial charge is 0.444 e. The van der Waals surface area contributed by atoms with E-state index in [4.69, 9.17) is 9.47 Å². The van der Waals surface area contributed by atoms with Crippen LogP contribution >= 0.6 is 0 Å².